The largest absolute Gasteiger partial charge is 0.385 e. The van der Waals surface area contributed by atoms with Crippen molar-refractivity contribution in [3.8, 4) is 11.3 Å². The Hall–Kier alpha value is -3.73. The molecule has 0 aliphatic carbocycles. The molecule has 1 aromatic carbocycles. The van der Waals surface area contributed by atoms with Gasteiger partial charge in [-0.15, -0.1) is 11.3 Å². The van der Waals surface area contributed by atoms with Crippen molar-refractivity contribution in [2.75, 3.05) is 17.2 Å². The lowest BCUT2D eigenvalue weighted by atomic mass is 10.2. The molecular weight excluding hydrogens is 396 g/mol. The number of rotatable bonds is 9. The number of H-pyrrole nitrogens is 1. The van der Waals surface area contributed by atoms with Crippen molar-refractivity contribution in [3.63, 3.8) is 0 Å². The number of nitro benzene ring substituents is 1. The van der Waals surface area contributed by atoms with Gasteiger partial charge in [-0.2, -0.15) is 0 Å². The summed E-state index contributed by atoms with van der Waals surface area (Å²) in [6.45, 7) is 0.549. The number of carbonyl (C=O) groups excluding carboxylic acids is 2. The number of amides is 2. The first kappa shape index (κ1) is 20.0. The summed E-state index contributed by atoms with van der Waals surface area (Å²) >= 11 is 1.29. The van der Waals surface area contributed by atoms with Crippen LogP contribution in [-0.2, 0) is 4.79 Å². The van der Waals surface area contributed by atoms with Gasteiger partial charge in [0, 0.05) is 47.9 Å². The van der Waals surface area contributed by atoms with Gasteiger partial charge < -0.3 is 21.4 Å². The number of aromatic amines is 1. The van der Waals surface area contributed by atoms with Gasteiger partial charge >= 0.3 is 0 Å². The van der Waals surface area contributed by atoms with Crippen LogP contribution in [0.2, 0.25) is 0 Å². The van der Waals surface area contributed by atoms with E-state index in [1.54, 1.807) is 29.8 Å². The minimum absolute atomic E-state index is 0.0308. The molecule has 3 rings (SSSR count). The molecule has 0 aliphatic heterocycles. The van der Waals surface area contributed by atoms with Crippen LogP contribution in [-0.4, -0.2) is 33.3 Å². The second-order valence-corrected chi connectivity index (χ2v) is 6.94. The van der Waals surface area contributed by atoms with Gasteiger partial charge in [0.05, 0.1) is 10.6 Å². The molecule has 3 aromatic rings. The highest BCUT2D eigenvalue weighted by Crippen LogP contribution is 2.25. The Balaban J connectivity index is 1.43. The average Bonchev–Trinajstić information content (AvgIpc) is 3.35. The number of nitrogens with zero attached hydrogens (tertiary/aromatic N) is 2. The van der Waals surface area contributed by atoms with Gasteiger partial charge in [0.1, 0.15) is 5.69 Å². The third-order valence-corrected chi connectivity index (χ3v) is 4.74. The number of hydrogen-bond donors (Lipinski definition) is 4. The number of primary amides is 1. The van der Waals surface area contributed by atoms with Gasteiger partial charge in [0.25, 0.3) is 11.6 Å². The highest BCUT2D eigenvalue weighted by atomic mass is 32.1. The van der Waals surface area contributed by atoms with E-state index in [1.807, 2.05) is 0 Å². The number of nitro groups is 1. The third kappa shape index (κ3) is 5.39. The molecule has 29 heavy (non-hydrogen) atoms. The van der Waals surface area contributed by atoms with Crippen LogP contribution in [0.15, 0.2) is 41.9 Å². The molecule has 0 saturated heterocycles. The first-order chi connectivity index (χ1) is 13.9. The summed E-state index contributed by atoms with van der Waals surface area (Å²) in [7, 11) is 0. The topological polar surface area (TPSA) is 156 Å². The smallest absolute Gasteiger partial charge is 0.269 e. The van der Waals surface area contributed by atoms with Gasteiger partial charge in [0.2, 0.25) is 5.91 Å². The molecule has 0 radical (unpaired) electrons. The Morgan fingerprint density at radius 1 is 1.28 bits per heavy atom. The van der Waals surface area contributed by atoms with Gasteiger partial charge in [-0.1, -0.05) is 0 Å². The number of nitrogens with two attached hydrogens (primary N) is 1. The third-order valence-electron chi connectivity index (χ3n) is 3.98. The van der Waals surface area contributed by atoms with Crippen LogP contribution < -0.4 is 16.4 Å². The van der Waals surface area contributed by atoms with Crippen molar-refractivity contribution in [3.05, 3.63) is 57.7 Å². The summed E-state index contributed by atoms with van der Waals surface area (Å²) in [5.41, 5.74) is 7.63. The maximum Gasteiger partial charge on any atom is 0.269 e. The zero-order valence-corrected chi connectivity index (χ0v) is 16.0. The molecule has 11 heteroatoms. The predicted octanol–water partition coefficient (Wildman–Crippen LogP) is 2.98. The lowest BCUT2D eigenvalue weighted by Gasteiger charge is -2.06. The molecular formula is C18H18N6O4S. The van der Waals surface area contributed by atoms with Gasteiger partial charge in [0.15, 0.2) is 5.13 Å². The molecule has 0 aliphatic rings. The lowest BCUT2D eigenvalue weighted by molar-refractivity contribution is -0.384. The molecule has 0 bridgehead atoms. The van der Waals surface area contributed by atoms with Crippen molar-refractivity contribution in [1.82, 2.24) is 9.97 Å². The van der Waals surface area contributed by atoms with E-state index >= 15 is 0 Å². The zero-order valence-electron chi connectivity index (χ0n) is 15.2. The van der Waals surface area contributed by atoms with Crippen LogP contribution in [0.25, 0.3) is 11.3 Å². The molecule has 150 valence electrons. The number of thiazole rings is 1. The van der Waals surface area contributed by atoms with Gasteiger partial charge in [-0.3, -0.25) is 19.7 Å². The Bertz CT molecular complexity index is 1030. The molecule has 0 fully saturated rings. The number of non-ortho nitro benzene ring substituents is 1. The summed E-state index contributed by atoms with van der Waals surface area (Å²) in [5.74, 6) is -0.717. The van der Waals surface area contributed by atoms with Crippen LogP contribution >= 0.6 is 11.3 Å². The monoisotopic (exact) mass is 414 g/mol. The lowest BCUT2D eigenvalue weighted by Crippen LogP contribution is -2.13. The molecule has 0 spiro atoms. The number of nitrogens with one attached hydrogen (secondary N) is 3. The quantitative estimate of drug-likeness (QED) is 0.239. The Kier molecular flexibility index (Phi) is 6.19. The number of aromatic nitrogens is 2. The normalized spacial score (nSPS) is 10.5. The molecule has 5 N–H and O–H groups in total. The number of carbonyl (C=O) groups is 2. The summed E-state index contributed by atoms with van der Waals surface area (Å²) in [6.07, 6.45) is 2.51. The van der Waals surface area contributed by atoms with Crippen molar-refractivity contribution in [1.29, 1.82) is 0 Å². The second kappa shape index (κ2) is 8.97. The highest BCUT2D eigenvalue weighted by Gasteiger charge is 2.11. The van der Waals surface area contributed by atoms with E-state index in [-0.39, 0.29) is 11.6 Å². The molecule has 10 nitrogen and oxygen atoms in total. The Morgan fingerprint density at radius 3 is 2.69 bits per heavy atom. The summed E-state index contributed by atoms with van der Waals surface area (Å²) in [4.78, 5) is 40.5. The van der Waals surface area contributed by atoms with Crippen molar-refractivity contribution in [2.24, 2.45) is 5.73 Å². The van der Waals surface area contributed by atoms with E-state index in [0.717, 1.165) is 5.69 Å². The number of benzene rings is 1. The van der Waals surface area contributed by atoms with Crippen LogP contribution in [0.5, 0.6) is 0 Å². The van der Waals surface area contributed by atoms with E-state index in [2.05, 4.69) is 20.6 Å². The number of anilines is 2. The van der Waals surface area contributed by atoms with Crippen LogP contribution in [0, 0.1) is 10.1 Å². The second-order valence-electron chi connectivity index (χ2n) is 6.09. The van der Waals surface area contributed by atoms with Crippen LogP contribution in [0.1, 0.15) is 23.3 Å². The molecule has 0 saturated carbocycles. The Labute approximate surface area is 169 Å². The van der Waals surface area contributed by atoms with Crippen LogP contribution in [0.3, 0.4) is 0 Å². The summed E-state index contributed by atoms with van der Waals surface area (Å²) in [5, 5.41) is 18.7. The molecule has 2 aromatic heterocycles. The molecule has 2 amide bonds. The zero-order chi connectivity index (χ0) is 20.8. The number of hydrogen-bond acceptors (Lipinski definition) is 7. The first-order valence-corrected chi connectivity index (χ1v) is 9.52. The predicted molar refractivity (Wildman–Crippen MR) is 110 cm³/mol. The van der Waals surface area contributed by atoms with E-state index < -0.39 is 10.8 Å². The fraction of sp³-hybridized carbons (Fsp3) is 0.167. The van der Waals surface area contributed by atoms with Crippen molar-refractivity contribution < 1.29 is 14.5 Å². The van der Waals surface area contributed by atoms with E-state index in [4.69, 9.17) is 5.73 Å². The first-order valence-electron chi connectivity index (χ1n) is 8.64. The summed E-state index contributed by atoms with van der Waals surface area (Å²) in [6, 6.07) is 7.70. The van der Waals surface area contributed by atoms with Gasteiger partial charge in [-0.05, 0) is 24.6 Å². The van der Waals surface area contributed by atoms with E-state index in [1.165, 1.54) is 23.5 Å². The molecule has 0 unspecified atom stereocenters. The molecule has 2 heterocycles. The standard InChI is InChI=1S/C18H18N6O4S/c19-17(26)14-8-11(9-21-14)15-10-29-18(22-15)23-16(25)2-1-7-20-12-3-5-13(6-4-12)24(27)28/h3-6,8-10,20-21H,1-2,7H2,(H2,19,26)(H,22,23,25). The maximum atomic E-state index is 12.1. The molecule has 0 atom stereocenters. The average molecular weight is 414 g/mol. The van der Waals surface area contributed by atoms with Crippen molar-refractivity contribution in [2.45, 2.75) is 12.8 Å². The fourth-order valence-electron chi connectivity index (χ4n) is 2.51. The fourth-order valence-corrected chi connectivity index (χ4v) is 3.25. The minimum atomic E-state index is -0.553. The van der Waals surface area contributed by atoms with Crippen molar-refractivity contribution >= 4 is 39.7 Å². The summed E-state index contributed by atoms with van der Waals surface area (Å²) < 4.78 is 0. The van der Waals surface area contributed by atoms with E-state index in [0.29, 0.717) is 41.5 Å². The highest BCUT2D eigenvalue weighted by molar-refractivity contribution is 7.14. The Morgan fingerprint density at radius 2 is 2.03 bits per heavy atom. The van der Waals surface area contributed by atoms with E-state index in [9.17, 15) is 19.7 Å². The minimum Gasteiger partial charge on any atom is -0.385 e. The maximum absolute atomic E-state index is 12.1. The van der Waals surface area contributed by atoms with Crippen LogP contribution in [0.4, 0.5) is 16.5 Å². The SMILES string of the molecule is NC(=O)c1cc(-c2csc(NC(=O)CCCNc3ccc([N+](=O)[O-])cc3)n2)c[nH]1. The van der Waals surface area contributed by atoms with Gasteiger partial charge in [-0.25, -0.2) is 4.98 Å².